The number of hydrogen-bond donors (Lipinski definition) is 2. The molecule has 0 bridgehead atoms. The Kier molecular flexibility index (Phi) is 8.34. The van der Waals surface area contributed by atoms with E-state index in [0.717, 1.165) is 17.6 Å². The molecule has 1 amide bonds. The first-order valence-electron chi connectivity index (χ1n) is 9.36. The molecule has 0 radical (unpaired) electrons. The van der Waals surface area contributed by atoms with Crippen LogP contribution in [0.15, 0.2) is 24.3 Å². The van der Waals surface area contributed by atoms with Crippen LogP contribution < -0.4 is 9.74 Å². The van der Waals surface area contributed by atoms with Crippen molar-refractivity contribution in [3.05, 3.63) is 29.8 Å². The number of carbonyl (C=O) groups is 2. The van der Waals surface area contributed by atoms with E-state index < -0.39 is 14.4 Å². The highest BCUT2D eigenvalue weighted by Crippen LogP contribution is 2.42. The molecule has 0 fully saturated rings. The van der Waals surface area contributed by atoms with Crippen molar-refractivity contribution in [1.29, 1.82) is 0 Å². The maximum atomic E-state index is 11.4. The molecule has 1 aromatic rings. The zero-order valence-electron chi connectivity index (χ0n) is 16.8. The number of hydrogen-bond acceptors (Lipinski definition) is 3. The lowest BCUT2D eigenvalue weighted by atomic mass is 9.97. The van der Waals surface area contributed by atoms with Gasteiger partial charge < -0.3 is 19.6 Å². The molecule has 5 nitrogen and oxygen atoms in total. The molecule has 1 rings (SSSR count). The van der Waals surface area contributed by atoms with E-state index in [1.807, 2.05) is 24.3 Å². The van der Waals surface area contributed by atoms with Crippen molar-refractivity contribution < 1.29 is 19.1 Å². The monoisotopic (exact) mass is 379 g/mol. The Morgan fingerprint density at radius 1 is 1.08 bits per heavy atom. The summed E-state index contributed by atoms with van der Waals surface area (Å²) >= 11 is 0. The van der Waals surface area contributed by atoms with Crippen LogP contribution in [-0.2, 0) is 4.79 Å². The van der Waals surface area contributed by atoms with Crippen LogP contribution in [0.1, 0.15) is 59.4 Å². The van der Waals surface area contributed by atoms with Gasteiger partial charge in [0, 0.05) is 12.5 Å². The van der Waals surface area contributed by atoms with E-state index in [4.69, 9.17) is 9.53 Å². The molecule has 1 unspecified atom stereocenters. The van der Waals surface area contributed by atoms with Crippen molar-refractivity contribution in [3.63, 3.8) is 0 Å². The van der Waals surface area contributed by atoms with E-state index in [1.54, 1.807) is 0 Å². The van der Waals surface area contributed by atoms with Gasteiger partial charge in [-0.2, -0.15) is 0 Å². The van der Waals surface area contributed by atoms with Crippen LogP contribution in [0.25, 0.3) is 0 Å². The van der Waals surface area contributed by atoms with Gasteiger partial charge in [0.15, 0.2) is 0 Å². The van der Waals surface area contributed by atoms with Crippen LogP contribution in [0.5, 0.6) is 5.75 Å². The van der Waals surface area contributed by atoms with Gasteiger partial charge in [0.2, 0.25) is 0 Å². The summed E-state index contributed by atoms with van der Waals surface area (Å²) in [5, 5.41) is 10.9. The average Bonchev–Trinajstić information content (AvgIpc) is 2.56. The number of aldehydes is 1. The molecule has 1 aromatic carbocycles. The quantitative estimate of drug-likeness (QED) is 0.434. The van der Waals surface area contributed by atoms with Gasteiger partial charge in [0.05, 0.1) is 0 Å². The molecule has 0 spiro atoms. The van der Waals surface area contributed by atoms with Gasteiger partial charge in [-0.1, -0.05) is 53.7 Å². The van der Waals surface area contributed by atoms with Gasteiger partial charge in [-0.15, -0.1) is 0 Å². The highest BCUT2D eigenvalue weighted by molar-refractivity contribution is 6.78. The second-order valence-electron chi connectivity index (χ2n) is 7.75. The minimum Gasteiger partial charge on any atom is -0.543 e. The largest absolute Gasteiger partial charge is 0.543 e. The van der Waals surface area contributed by atoms with Gasteiger partial charge in [-0.3, -0.25) is 0 Å². The second-order valence-corrected chi connectivity index (χ2v) is 13.1. The molecule has 2 N–H and O–H groups in total. The molecule has 0 aromatic heterocycles. The highest BCUT2D eigenvalue weighted by atomic mass is 28.4. The first-order chi connectivity index (χ1) is 12.1. The Hall–Kier alpha value is -1.82. The van der Waals surface area contributed by atoms with Gasteiger partial charge in [0.1, 0.15) is 12.0 Å². The Morgan fingerprint density at radius 2 is 1.58 bits per heavy atom. The fourth-order valence-corrected chi connectivity index (χ4v) is 9.24. The molecule has 26 heavy (non-hydrogen) atoms. The van der Waals surface area contributed by atoms with Crippen molar-refractivity contribution in [3.8, 4) is 5.75 Å². The summed E-state index contributed by atoms with van der Waals surface area (Å²) < 4.78 is 6.63. The first kappa shape index (κ1) is 22.2. The van der Waals surface area contributed by atoms with Gasteiger partial charge in [-0.25, -0.2) is 4.79 Å². The maximum absolute atomic E-state index is 11.4. The molecule has 6 heteroatoms. The van der Waals surface area contributed by atoms with Gasteiger partial charge in [-0.05, 0) is 40.7 Å². The molecule has 146 valence electrons. The Balaban J connectivity index is 2.94. The molecule has 0 aliphatic carbocycles. The lowest BCUT2D eigenvalue weighted by molar-refractivity contribution is -0.109. The fourth-order valence-electron chi connectivity index (χ4n) is 3.99. The third-order valence-electron chi connectivity index (χ3n) is 5.21. The van der Waals surface area contributed by atoms with E-state index in [-0.39, 0.29) is 12.5 Å². The van der Waals surface area contributed by atoms with E-state index >= 15 is 0 Å². The third-order valence-corrected chi connectivity index (χ3v) is 11.2. The zero-order chi connectivity index (χ0) is 19.9. The molecule has 1 atom stereocenters. The minimum atomic E-state index is -2.00. The predicted octanol–water partition coefficient (Wildman–Crippen LogP) is 5.18. The maximum Gasteiger partial charge on any atom is 0.404 e. The van der Waals surface area contributed by atoms with Crippen molar-refractivity contribution in [2.45, 2.75) is 70.5 Å². The fraction of sp³-hybridized carbons (Fsp3) is 0.600. The van der Waals surface area contributed by atoms with Gasteiger partial charge in [0.25, 0.3) is 8.32 Å². The normalized spacial score (nSPS) is 13.1. The molecule has 0 aliphatic rings. The smallest absolute Gasteiger partial charge is 0.404 e. The Labute approximate surface area is 158 Å². The molecular weight excluding hydrogens is 346 g/mol. The molecule has 0 heterocycles. The summed E-state index contributed by atoms with van der Waals surface area (Å²) in [6.45, 7) is 13.7. The zero-order valence-corrected chi connectivity index (χ0v) is 17.8. The molecule has 0 saturated carbocycles. The number of benzene rings is 1. The molecular formula is C20H33NO4Si. The van der Waals surface area contributed by atoms with E-state index in [2.05, 4.69) is 46.9 Å². The SMILES string of the molecule is CC(C)[Si](Oc1ccc(C(C=O)CCNC(=O)O)cc1)(C(C)C)C(C)C. The van der Waals surface area contributed by atoms with E-state index in [0.29, 0.717) is 23.0 Å². The van der Waals surface area contributed by atoms with Crippen molar-refractivity contribution >= 4 is 20.7 Å². The van der Waals surface area contributed by atoms with Crippen LogP contribution in [0.3, 0.4) is 0 Å². The van der Waals surface area contributed by atoms with E-state index in [9.17, 15) is 9.59 Å². The highest BCUT2D eigenvalue weighted by Gasteiger charge is 2.46. The lowest BCUT2D eigenvalue weighted by Gasteiger charge is -2.42. The van der Waals surface area contributed by atoms with Crippen LogP contribution in [0.4, 0.5) is 4.79 Å². The first-order valence-corrected chi connectivity index (χ1v) is 11.5. The van der Waals surface area contributed by atoms with Crippen molar-refractivity contribution in [2.75, 3.05) is 6.54 Å². The second kappa shape index (κ2) is 9.76. The lowest BCUT2D eigenvalue weighted by Crippen LogP contribution is -2.50. The average molecular weight is 380 g/mol. The summed E-state index contributed by atoms with van der Waals surface area (Å²) in [7, 11) is -2.00. The van der Waals surface area contributed by atoms with Crippen molar-refractivity contribution in [2.24, 2.45) is 0 Å². The molecule has 0 saturated heterocycles. The summed E-state index contributed by atoms with van der Waals surface area (Å²) in [6.07, 6.45) is 0.240. The van der Waals surface area contributed by atoms with Crippen LogP contribution >= 0.6 is 0 Å². The predicted molar refractivity (Wildman–Crippen MR) is 108 cm³/mol. The summed E-state index contributed by atoms with van der Waals surface area (Å²) in [4.78, 5) is 21.9. The minimum absolute atomic E-state index is 0.251. The number of rotatable bonds is 10. The number of nitrogens with one attached hydrogen (secondary N) is 1. The van der Waals surface area contributed by atoms with Crippen LogP contribution in [0.2, 0.25) is 16.6 Å². The summed E-state index contributed by atoms with van der Waals surface area (Å²) in [6, 6.07) is 7.70. The number of amides is 1. The van der Waals surface area contributed by atoms with Gasteiger partial charge >= 0.3 is 6.09 Å². The van der Waals surface area contributed by atoms with Crippen LogP contribution in [0, 0.1) is 0 Å². The standard InChI is InChI=1S/C20H33NO4Si/c1-14(2)26(15(3)4,16(5)6)25-19-9-7-17(8-10-19)18(13-22)11-12-21-20(23)24/h7-10,13-16,18,21H,11-12H2,1-6H3,(H,23,24). The Morgan fingerprint density at radius 3 is 1.96 bits per heavy atom. The summed E-state index contributed by atoms with van der Waals surface area (Å²) in [5.41, 5.74) is 2.36. The Bertz CT molecular complexity index is 562. The number of carbonyl (C=O) groups excluding carboxylic acids is 1. The van der Waals surface area contributed by atoms with E-state index in [1.165, 1.54) is 0 Å². The number of carboxylic acid groups (broad SMARTS) is 1. The van der Waals surface area contributed by atoms with Crippen molar-refractivity contribution in [1.82, 2.24) is 5.32 Å². The molecule has 0 aliphatic heterocycles. The third kappa shape index (κ3) is 5.33. The topological polar surface area (TPSA) is 75.6 Å². The van der Waals surface area contributed by atoms with Crippen LogP contribution in [-0.4, -0.2) is 32.3 Å². The summed E-state index contributed by atoms with van der Waals surface area (Å²) in [5.74, 6) is 0.531.